The van der Waals surface area contributed by atoms with Gasteiger partial charge < -0.3 is 19.1 Å². The molecule has 3 rings (SSSR count). The minimum atomic E-state index is -0.906. The van der Waals surface area contributed by atoms with E-state index >= 15 is 0 Å². The molecule has 2 heterocycles. The molecule has 138 valence electrons. The minimum Gasteiger partial charge on any atom is -0.454 e. The van der Waals surface area contributed by atoms with E-state index in [1.54, 1.807) is 4.90 Å². The van der Waals surface area contributed by atoms with Crippen LogP contribution in [0.4, 0.5) is 5.69 Å². The zero-order valence-corrected chi connectivity index (χ0v) is 14.2. The zero-order chi connectivity index (χ0) is 18.7. The van der Waals surface area contributed by atoms with E-state index in [1.165, 1.54) is 25.1 Å². The first-order valence-electron chi connectivity index (χ1n) is 8.21. The van der Waals surface area contributed by atoms with E-state index in [0.29, 0.717) is 18.8 Å². The van der Waals surface area contributed by atoms with Crippen molar-refractivity contribution in [2.75, 3.05) is 19.9 Å². The summed E-state index contributed by atoms with van der Waals surface area (Å²) < 4.78 is 15.4. The van der Waals surface area contributed by atoms with Gasteiger partial charge in [0.05, 0.1) is 16.6 Å². The highest BCUT2D eigenvalue weighted by Gasteiger charge is 2.26. The van der Waals surface area contributed by atoms with Crippen LogP contribution in [0.1, 0.15) is 25.3 Å². The number of nitro groups is 1. The standard InChI is InChI=1S/C17H18N2O7/c1-11(17(21)18-6-2-3-7-18)26-16(20)5-4-12-8-14-15(25-10-24-14)9-13(12)19(22)23/h4-5,8-9,11H,2-3,6-7,10H2,1H3/b5-4+/t11-/m0/s1. The molecule has 0 aromatic heterocycles. The number of rotatable bonds is 5. The molecule has 26 heavy (non-hydrogen) atoms. The monoisotopic (exact) mass is 362 g/mol. The van der Waals surface area contributed by atoms with E-state index in [4.69, 9.17) is 14.2 Å². The molecule has 0 N–H and O–H groups in total. The Morgan fingerprint density at radius 1 is 1.27 bits per heavy atom. The van der Waals surface area contributed by atoms with Gasteiger partial charge in [-0.3, -0.25) is 14.9 Å². The smallest absolute Gasteiger partial charge is 0.331 e. The highest BCUT2D eigenvalue weighted by atomic mass is 16.7. The van der Waals surface area contributed by atoms with Crippen molar-refractivity contribution in [2.45, 2.75) is 25.9 Å². The highest BCUT2D eigenvalue weighted by Crippen LogP contribution is 2.38. The van der Waals surface area contributed by atoms with Gasteiger partial charge in [-0.1, -0.05) is 0 Å². The van der Waals surface area contributed by atoms with E-state index in [1.807, 2.05) is 0 Å². The summed E-state index contributed by atoms with van der Waals surface area (Å²) in [5, 5.41) is 11.2. The number of ether oxygens (including phenoxy) is 3. The van der Waals surface area contributed by atoms with Crippen LogP contribution in [0.15, 0.2) is 18.2 Å². The molecule has 1 aromatic carbocycles. The topological polar surface area (TPSA) is 108 Å². The lowest BCUT2D eigenvalue weighted by molar-refractivity contribution is -0.385. The van der Waals surface area contributed by atoms with Crippen LogP contribution in [0.25, 0.3) is 6.08 Å². The largest absolute Gasteiger partial charge is 0.454 e. The van der Waals surface area contributed by atoms with Crippen molar-refractivity contribution in [3.63, 3.8) is 0 Å². The first-order valence-corrected chi connectivity index (χ1v) is 8.21. The number of likely N-dealkylation sites (tertiary alicyclic amines) is 1. The van der Waals surface area contributed by atoms with Gasteiger partial charge >= 0.3 is 5.97 Å². The summed E-state index contributed by atoms with van der Waals surface area (Å²) in [5.74, 6) is -0.349. The molecule has 0 saturated carbocycles. The van der Waals surface area contributed by atoms with Crippen LogP contribution in [0.3, 0.4) is 0 Å². The minimum absolute atomic E-state index is 0.0160. The molecule has 0 radical (unpaired) electrons. The molecule has 9 heteroatoms. The summed E-state index contributed by atoms with van der Waals surface area (Å²) in [5.41, 5.74) is -0.0470. The molecule has 0 bridgehead atoms. The molecule has 0 aliphatic carbocycles. The Kier molecular flexibility index (Phi) is 5.06. The summed E-state index contributed by atoms with van der Waals surface area (Å²) in [6, 6.07) is 2.66. The van der Waals surface area contributed by atoms with Gasteiger partial charge in [0.15, 0.2) is 17.6 Å². The van der Waals surface area contributed by atoms with Gasteiger partial charge in [0.2, 0.25) is 6.79 Å². The molecule has 1 fully saturated rings. The number of nitro benzene ring substituents is 1. The SMILES string of the molecule is C[C@H](OC(=O)/C=C/c1cc2c(cc1[N+](=O)[O-])OCO2)C(=O)N1CCCC1. The van der Waals surface area contributed by atoms with Gasteiger partial charge in [0.25, 0.3) is 11.6 Å². The molecule has 0 spiro atoms. The number of nitrogens with zero attached hydrogens (tertiary/aromatic N) is 2. The fourth-order valence-corrected chi connectivity index (χ4v) is 2.85. The lowest BCUT2D eigenvalue weighted by atomic mass is 10.1. The molecule has 1 amide bonds. The molecule has 2 aliphatic rings. The molecule has 2 aliphatic heterocycles. The third kappa shape index (κ3) is 3.76. The fraction of sp³-hybridized carbons (Fsp3) is 0.412. The highest BCUT2D eigenvalue weighted by molar-refractivity contribution is 5.91. The number of hydrogen-bond donors (Lipinski definition) is 0. The second-order valence-corrected chi connectivity index (χ2v) is 5.97. The van der Waals surface area contributed by atoms with Crippen LogP contribution in [-0.2, 0) is 14.3 Å². The van der Waals surface area contributed by atoms with Gasteiger partial charge in [-0.25, -0.2) is 4.79 Å². The Morgan fingerprint density at radius 3 is 2.58 bits per heavy atom. The predicted molar refractivity (Wildman–Crippen MR) is 89.6 cm³/mol. The van der Waals surface area contributed by atoms with Crippen LogP contribution < -0.4 is 9.47 Å². The molecule has 1 atom stereocenters. The van der Waals surface area contributed by atoms with Crippen molar-refractivity contribution in [3.05, 3.63) is 33.9 Å². The fourth-order valence-electron chi connectivity index (χ4n) is 2.85. The van der Waals surface area contributed by atoms with Gasteiger partial charge in [0, 0.05) is 19.2 Å². The Labute approximate surface area is 149 Å². The van der Waals surface area contributed by atoms with Gasteiger partial charge in [-0.2, -0.15) is 0 Å². The van der Waals surface area contributed by atoms with Gasteiger partial charge in [-0.05, 0) is 31.9 Å². The van der Waals surface area contributed by atoms with Crippen LogP contribution in [0, 0.1) is 10.1 Å². The Morgan fingerprint density at radius 2 is 1.92 bits per heavy atom. The van der Waals surface area contributed by atoms with Gasteiger partial charge in [0.1, 0.15) is 0 Å². The van der Waals surface area contributed by atoms with Crippen LogP contribution >= 0.6 is 0 Å². The lowest BCUT2D eigenvalue weighted by Gasteiger charge is -2.19. The van der Waals surface area contributed by atoms with Crippen molar-refractivity contribution in [1.82, 2.24) is 4.90 Å². The first kappa shape index (κ1) is 17.7. The number of fused-ring (bicyclic) bond motifs is 1. The zero-order valence-electron chi connectivity index (χ0n) is 14.2. The van der Waals surface area contributed by atoms with E-state index in [0.717, 1.165) is 18.9 Å². The molecule has 1 aromatic rings. The molecule has 1 saturated heterocycles. The maximum atomic E-state index is 12.1. The number of benzene rings is 1. The molecule has 0 unspecified atom stereocenters. The average Bonchev–Trinajstić information content (AvgIpc) is 3.29. The first-order chi connectivity index (χ1) is 12.5. The van der Waals surface area contributed by atoms with E-state index in [-0.39, 0.29) is 29.7 Å². The Balaban J connectivity index is 1.68. The van der Waals surface area contributed by atoms with Crippen LogP contribution in [0.2, 0.25) is 0 Å². The van der Waals surface area contributed by atoms with Crippen molar-refractivity contribution >= 4 is 23.6 Å². The maximum Gasteiger partial charge on any atom is 0.331 e. The van der Waals surface area contributed by atoms with Crippen LogP contribution in [-0.4, -0.2) is 47.7 Å². The average molecular weight is 362 g/mol. The summed E-state index contributed by atoms with van der Waals surface area (Å²) in [4.78, 5) is 36.4. The maximum absolute atomic E-state index is 12.1. The number of esters is 1. The third-order valence-electron chi connectivity index (χ3n) is 4.18. The molecule has 9 nitrogen and oxygen atoms in total. The number of carbonyl (C=O) groups is 2. The van der Waals surface area contributed by atoms with Gasteiger partial charge in [-0.15, -0.1) is 0 Å². The normalized spacial score (nSPS) is 16.7. The van der Waals surface area contributed by atoms with Crippen molar-refractivity contribution < 1.29 is 28.7 Å². The van der Waals surface area contributed by atoms with Crippen molar-refractivity contribution in [3.8, 4) is 11.5 Å². The van der Waals surface area contributed by atoms with E-state index in [2.05, 4.69) is 0 Å². The molecular formula is C17H18N2O7. The van der Waals surface area contributed by atoms with Crippen molar-refractivity contribution in [1.29, 1.82) is 0 Å². The summed E-state index contributed by atoms with van der Waals surface area (Å²) in [6.07, 6.45) is 3.30. The predicted octanol–water partition coefficient (Wildman–Crippen LogP) is 1.89. The second-order valence-electron chi connectivity index (χ2n) is 5.97. The number of amides is 1. The van der Waals surface area contributed by atoms with Crippen molar-refractivity contribution in [2.24, 2.45) is 0 Å². The molecular weight excluding hydrogens is 344 g/mol. The summed E-state index contributed by atoms with van der Waals surface area (Å²) in [7, 11) is 0. The third-order valence-corrected chi connectivity index (χ3v) is 4.18. The van der Waals surface area contributed by atoms with E-state index < -0.39 is 17.0 Å². The second kappa shape index (κ2) is 7.42. The Hall–Kier alpha value is -3.10. The van der Waals surface area contributed by atoms with E-state index in [9.17, 15) is 19.7 Å². The Bertz CT molecular complexity index is 769. The van der Waals surface area contributed by atoms with Crippen LogP contribution in [0.5, 0.6) is 11.5 Å². The number of hydrogen-bond acceptors (Lipinski definition) is 7. The number of carbonyl (C=O) groups excluding carboxylic acids is 2. The lowest BCUT2D eigenvalue weighted by Crippen LogP contribution is -2.37. The summed E-state index contributed by atoms with van der Waals surface area (Å²) in [6.45, 7) is 2.83. The summed E-state index contributed by atoms with van der Waals surface area (Å²) >= 11 is 0. The quantitative estimate of drug-likeness (QED) is 0.340.